The van der Waals surface area contributed by atoms with Gasteiger partial charge in [-0.15, -0.1) is 5.10 Å². The van der Waals surface area contributed by atoms with Crippen LogP contribution in [0.1, 0.15) is 33.1 Å². The van der Waals surface area contributed by atoms with Gasteiger partial charge in [-0.2, -0.15) is 0 Å². The first-order valence-electron chi connectivity index (χ1n) is 6.33. The van der Waals surface area contributed by atoms with E-state index in [9.17, 15) is 0 Å². The molecule has 1 saturated carbocycles. The quantitative estimate of drug-likeness (QED) is 0.745. The molecular weight excluding hydrogens is 200 g/mol. The van der Waals surface area contributed by atoms with Crippen LogP contribution in [0.4, 0.5) is 0 Å². The summed E-state index contributed by atoms with van der Waals surface area (Å²) >= 11 is 0. The standard InChI is InChI=1S/C12H22N4/c1-10(2)11-8-12(9-11)13-4-3-6-16-7-5-14-15-16/h5,7,10-13H,3-4,6,8-9H2,1-2H3. The number of aromatic nitrogens is 3. The molecule has 1 N–H and O–H groups in total. The van der Waals surface area contributed by atoms with Crippen LogP contribution in [0.2, 0.25) is 0 Å². The van der Waals surface area contributed by atoms with Gasteiger partial charge < -0.3 is 5.32 Å². The zero-order valence-electron chi connectivity index (χ0n) is 10.3. The Balaban J connectivity index is 1.50. The lowest BCUT2D eigenvalue weighted by molar-refractivity contribution is 0.168. The smallest absolute Gasteiger partial charge is 0.0692 e. The SMILES string of the molecule is CC(C)C1CC(NCCCn2ccnn2)C1. The molecule has 0 aliphatic heterocycles. The zero-order chi connectivity index (χ0) is 11.4. The van der Waals surface area contributed by atoms with E-state index in [-0.39, 0.29) is 0 Å². The van der Waals surface area contributed by atoms with Gasteiger partial charge in [-0.25, -0.2) is 0 Å². The molecule has 0 bridgehead atoms. The predicted octanol–water partition coefficient (Wildman–Crippen LogP) is 1.69. The van der Waals surface area contributed by atoms with Crippen molar-refractivity contribution in [3.8, 4) is 0 Å². The summed E-state index contributed by atoms with van der Waals surface area (Å²) in [6.07, 6.45) is 7.50. The van der Waals surface area contributed by atoms with Gasteiger partial charge in [0.25, 0.3) is 0 Å². The second-order valence-electron chi connectivity index (χ2n) is 5.15. The first kappa shape index (κ1) is 11.6. The second kappa shape index (κ2) is 5.43. The van der Waals surface area contributed by atoms with Gasteiger partial charge in [0, 0.05) is 18.8 Å². The van der Waals surface area contributed by atoms with E-state index in [0.29, 0.717) is 0 Å². The number of hydrogen-bond donors (Lipinski definition) is 1. The third-order valence-corrected chi connectivity index (χ3v) is 3.59. The number of rotatable bonds is 6. The van der Waals surface area contributed by atoms with E-state index < -0.39 is 0 Å². The number of nitrogens with zero attached hydrogens (tertiary/aromatic N) is 3. The lowest BCUT2D eigenvalue weighted by atomic mass is 9.74. The van der Waals surface area contributed by atoms with Crippen LogP contribution in [0.25, 0.3) is 0 Å². The van der Waals surface area contributed by atoms with Crippen LogP contribution in [-0.2, 0) is 6.54 Å². The van der Waals surface area contributed by atoms with E-state index in [1.165, 1.54) is 12.8 Å². The molecule has 0 atom stereocenters. The third kappa shape index (κ3) is 3.04. The molecule has 0 saturated heterocycles. The highest BCUT2D eigenvalue weighted by Crippen LogP contribution is 2.33. The van der Waals surface area contributed by atoms with Crippen molar-refractivity contribution in [2.24, 2.45) is 11.8 Å². The van der Waals surface area contributed by atoms with Crippen LogP contribution in [0, 0.1) is 11.8 Å². The summed E-state index contributed by atoms with van der Waals surface area (Å²) < 4.78 is 1.89. The molecule has 1 aromatic heterocycles. The normalized spacial score (nSPS) is 24.7. The molecule has 1 aromatic rings. The van der Waals surface area contributed by atoms with Crippen LogP contribution >= 0.6 is 0 Å². The average Bonchev–Trinajstić information content (AvgIpc) is 2.66. The van der Waals surface area contributed by atoms with Crippen molar-refractivity contribution < 1.29 is 0 Å². The van der Waals surface area contributed by atoms with Gasteiger partial charge in [-0.05, 0) is 37.6 Å². The van der Waals surface area contributed by atoms with Crippen LogP contribution in [0.5, 0.6) is 0 Å². The molecule has 0 aromatic carbocycles. The molecule has 4 nitrogen and oxygen atoms in total. The van der Waals surface area contributed by atoms with E-state index in [1.807, 2.05) is 10.9 Å². The molecule has 0 amide bonds. The molecule has 1 heterocycles. The van der Waals surface area contributed by atoms with Gasteiger partial charge >= 0.3 is 0 Å². The molecular formula is C12H22N4. The molecule has 2 rings (SSSR count). The highest BCUT2D eigenvalue weighted by molar-refractivity contribution is 4.86. The molecule has 16 heavy (non-hydrogen) atoms. The van der Waals surface area contributed by atoms with E-state index >= 15 is 0 Å². The summed E-state index contributed by atoms with van der Waals surface area (Å²) in [4.78, 5) is 0. The fraction of sp³-hybridized carbons (Fsp3) is 0.833. The van der Waals surface area contributed by atoms with Crippen LogP contribution < -0.4 is 5.32 Å². The Bertz CT molecular complexity index is 288. The van der Waals surface area contributed by atoms with E-state index in [4.69, 9.17) is 0 Å². The van der Waals surface area contributed by atoms with Crippen LogP contribution in [-0.4, -0.2) is 27.6 Å². The molecule has 0 unspecified atom stereocenters. The first-order valence-corrected chi connectivity index (χ1v) is 6.33. The van der Waals surface area contributed by atoms with Crippen molar-refractivity contribution in [3.63, 3.8) is 0 Å². The Morgan fingerprint density at radius 3 is 2.88 bits per heavy atom. The van der Waals surface area contributed by atoms with Crippen molar-refractivity contribution in [2.45, 2.75) is 45.7 Å². The van der Waals surface area contributed by atoms with Crippen molar-refractivity contribution in [2.75, 3.05) is 6.54 Å². The third-order valence-electron chi connectivity index (χ3n) is 3.59. The van der Waals surface area contributed by atoms with Crippen molar-refractivity contribution in [1.29, 1.82) is 0 Å². The maximum atomic E-state index is 3.94. The lowest BCUT2D eigenvalue weighted by Gasteiger charge is -2.38. The maximum Gasteiger partial charge on any atom is 0.0692 e. The van der Waals surface area contributed by atoms with Crippen molar-refractivity contribution in [3.05, 3.63) is 12.4 Å². The topological polar surface area (TPSA) is 42.7 Å². The number of aryl methyl sites for hydroxylation is 1. The lowest BCUT2D eigenvalue weighted by Crippen LogP contribution is -2.43. The summed E-state index contributed by atoms with van der Waals surface area (Å²) in [7, 11) is 0. The Morgan fingerprint density at radius 1 is 1.44 bits per heavy atom. The highest BCUT2D eigenvalue weighted by atomic mass is 15.4. The maximum absolute atomic E-state index is 3.94. The Hall–Kier alpha value is -0.900. The Morgan fingerprint density at radius 2 is 2.25 bits per heavy atom. The summed E-state index contributed by atoms with van der Waals surface area (Å²) in [6.45, 7) is 6.71. The Kier molecular flexibility index (Phi) is 3.93. The largest absolute Gasteiger partial charge is 0.314 e. The summed E-state index contributed by atoms with van der Waals surface area (Å²) in [6, 6.07) is 0.767. The van der Waals surface area contributed by atoms with E-state index in [2.05, 4.69) is 29.5 Å². The average molecular weight is 222 g/mol. The van der Waals surface area contributed by atoms with Gasteiger partial charge in [0.05, 0.1) is 6.20 Å². The van der Waals surface area contributed by atoms with E-state index in [0.717, 1.165) is 37.4 Å². The first-order chi connectivity index (χ1) is 7.75. The van der Waals surface area contributed by atoms with Gasteiger partial charge in [-0.3, -0.25) is 4.68 Å². The minimum Gasteiger partial charge on any atom is -0.314 e. The zero-order valence-corrected chi connectivity index (χ0v) is 10.3. The number of nitrogens with one attached hydrogen (secondary N) is 1. The summed E-state index contributed by atoms with van der Waals surface area (Å²) in [5.41, 5.74) is 0. The van der Waals surface area contributed by atoms with Crippen molar-refractivity contribution in [1.82, 2.24) is 20.3 Å². The summed E-state index contributed by atoms with van der Waals surface area (Å²) in [5, 5.41) is 11.3. The monoisotopic (exact) mass is 222 g/mol. The van der Waals surface area contributed by atoms with E-state index in [1.54, 1.807) is 6.20 Å². The number of hydrogen-bond acceptors (Lipinski definition) is 3. The van der Waals surface area contributed by atoms with Crippen molar-refractivity contribution >= 4 is 0 Å². The minimum absolute atomic E-state index is 0.767. The molecule has 4 heteroatoms. The Labute approximate surface area is 97.4 Å². The minimum atomic E-state index is 0.767. The fourth-order valence-electron chi connectivity index (χ4n) is 2.27. The molecule has 0 radical (unpaired) electrons. The second-order valence-corrected chi connectivity index (χ2v) is 5.15. The highest BCUT2D eigenvalue weighted by Gasteiger charge is 2.30. The van der Waals surface area contributed by atoms with Gasteiger partial charge in [0.15, 0.2) is 0 Å². The molecule has 1 aliphatic carbocycles. The van der Waals surface area contributed by atoms with Crippen LogP contribution in [0.3, 0.4) is 0 Å². The molecule has 0 spiro atoms. The molecule has 1 aliphatic rings. The van der Waals surface area contributed by atoms with Crippen LogP contribution in [0.15, 0.2) is 12.4 Å². The van der Waals surface area contributed by atoms with Gasteiger partial charge in [-0.1, -0.05) is 19.1 Å². The molecule has 1 fully saturated rings. The predicted molar refractivity (Wildman–Crippen MR) is 64.0 cm³/mol. The van der Waals surface area contributed by atoms with Gasteiger partial charge in [0.2, 0.25) is 0 Å². The molecule has 90 valence electrons. The summed E-state index contributed by atoms with van der Waals surface area (Å²) in [5.74, 6) is 1.81. The fourth-order valence-corrected chi connectivity index (χ4v) is 2.27. The van der Waals surface area contributed by atoms with Gasteiger partial charge in [0.1, 0.15) is 0 Å².